The first-order chi connectivity index (χ1) is 16.8. The molecule has 2 saturated heterocycles. The zero-order valence-corrected chi connectivity index (χ0v) is 21.7. The number of benzene rings is 1. The Morgan fingerprint density at radius 3 is 2.57 bits per heavy atom. The number of piperidine rings is 2. The molecule has 4 rings (SSSR count). The summed E-state index contributed by atoms with van der Waals surface area (Å²) in [5.41, 5.74) is 2.67. The molecule has 2 aliphatic rings. The molecular formula is C27H37ClN4O3. The van der Waals surface area contributed by atoms with Gasteiger partial charge in [-0.05, 0) is 76.1 Å². The molecule has 35 heavy (non-hydrogen) atoms. The van der Waals surface area contributed by atoms with E-state index in [1.165, 1.54) is 6.42 Å². The lowest BCUT2D eigenvalue weighted by atomic mass is 9.77. The van der Waals surface area contributed by atoms with Crippen LogP contribution in [0.1, 0.15) is 61.9 Å². The van der Waals surface area contributed by atoms with E-state index in [0.717, 1.165) is 62.3 Å². The zero-order valence-electron chi connectivity index (χ0n) is 20.9. The number of ether oxygens (including phenoxy) is 1. The van der Waals surface area contributed by atoms with Gasteiger partial charge in [0.05, 0.1) is 12.3 Å². The number of hydrogen-bond acceptors (Lipinski definition) is 4. The van der Waals surface area contributed by atoms with Crippen LogP contribution in [0.4, 0.5) is 0 Å². The van der Waals surface area contributed by atoms with Gasteiger partial charge in [0.25, 0.3) is 0 Å². The first-order valence-electron chi connectivity index (χ1n) is 12.8. The molecule has 7 nitrogen and oxygen atoms in total. The first-order valence-corrected chi connectivity index (χ1v) is 13.2. The van der Waals surface area contributed by atoms with Gasteiger partial charge in [-0.3, -0.25) is 14.7 Å². The van der Waals surface area contributed by atoms with Crippen LogP contribution in [0.3, 0.4) is 0 Å². The third-order valence-electron chi connectivity index (χ3n) is 7.46. The Morgan fingerprint density at radius 2 is 1.86 bits per heavy atom. The van der Waals surface area contributed by atoms with E-state index in [9.17, 15) is 9.59 Å². The van der Waals surface area contributed by atoms with Crippen LogP contribution in [0.2, 0.25) is 5.02 Å². The van der Waals surface area contributed by atoms with E-state index in [1.807, 2.05) is 41.8 Å². The van der Waals surface area contributed by atoms with Crippen LogP contribution in [0.5, 0.6) is 5.75 Å². The van der Waals surface area contributed by atoms with Gasteiger partial charge >= 0.3 is 0 Å². The summed E-state index contributed by atoms with van der Waals surface area (Å²) >= 11 is 6.15. The molecule has 2 aliphatic heterocycles. The first kappa shape index (κ1) is 25.5. The Labute approximate surface area is 213 Å². The maximum Gasteiger partial charge on any atom is 0.223 e. The van der Waals surface area contributed by atoms with Gasteiger partial charge in [0.1, 0.15) is 5.75 Å². The smallest absolute Gasteiger partial charge is 0.223 e. The van der Waals surface area contributed by atoms with Crippen LogP contribution in [0.15, 0.2) is 24.3 Å². The van der Waals surface area contributed by atoms with Gasteiger partial charge in [-0.15, -0.1) is 0 Å². The largest absolute Gasteiger partial charge is 0.493 e. The van der Waals surface area contributed by atoms with E-state index in [1.54, 1.807) is 6.07 Å². The number of nitrogens with one attached hydrogen (secondary N) is 1. The molecule has 1 atom stereocenters. The third-order valence-corrected chi connectivity index (χ3v) is 7.69. The average molecular weight is 501 g/mol. The maximum absolute atomic E-state index is 13.3. The van der Waals surface area contributed by atoms with Crippen molar-refractivity contribution in [2.24, 2.45) is 5.41 Å². The van der Waals surface area contributed by atoms with Crippen LogP contribution in [-0.4, -0.2) is 64.6 Å². The number of aryl methyl sites for hydroxylation is 2. The van der Waals surface area contributed by atoms with Crippen molar-refractivity contribution in [2.75, 3.05) is 32.8 Å². The van der Waals surface area contributed by atoms with Gasteiger partial charge in [0.2, 0.25) is 11.8 Å². The number of carbonyl (C=O) groups is 2. The second-order valence-electron chi connectivity index (χ2n) is 10.2. The number of likely N-dealkylation sites (tertiary alicyclic amines) is 2. The fourth-order valence-electron chi connectivity index (χ4n) is 5.44. The second-order valence-corrected chi connectivity index (χ2v) is 10.6. The quantitative estimate of drug-likeness (QED) is 0.569. The van der Waals surface area contributed by atoms with Gasteiger partial charge in [-0.2, -0.15) is 5.10 Å². The molecule has 2 amide bonds. The Morgan fingerprint density at radius 1 is 1.09 bits per heavy atom. The predicted molar refractivity (Wildman–Crippen MR) is 137 cm³/mol. The Kier molecular flexibility index (Phi) is 8.37. The molecular weight excluding hydrogens is 464 g/mol. The summed E-state index contributed by atoms with van der Waals surface area (Å²) in [5, 5.41) is 7.86. The van der Waals surface area contributed by atoms with E-state index in [4.69, 9.17) is 16.3 Å². The monoisotopic (exact) mass is 500 g/mol. The Balaban J connectivity index is 1.46. The fourth-order valence-corrected chi connectivity index (χ4v) is 5.62. The standard InChI is InChI=1S/C27H37ClN4O3/c1-20-24(21(2)30-29-20)10-11-25(33)32-15-7-12-27(18-32,17-26(34)31-13-4-3-5-14-31)19-35-23-9-6-8-22(28)16-23/h6,8-9,16H,3-5,7,10-15,17-19H2,1-2H3,(H,29,30)/t27-/m0/s1. The van der Waals surface area contributed by atoms with Crippen molar-refractivity contribution in [3.8, 4) is 5.75 Å². The Hall–Kier alpha value is -2.54. The number of nitrogens with zero attached hydrogens (tertiary/aromatic N) is 3. The van der Waals surface area contributed by atoms with E-state index in [-0.39, 0.29) is 11.8 Å². The number of carbonyl (C=O) groups excluding carboxylic acids is 2. The lowest BCUT2D eigenvalue weighted by Crippen LogP contribution is -2.51. The van der Waals surface area contributed by atoms with E-state index < -0.39 is 5.41 Å². The van der Waals surface area contributed by atoms with Gasteiger partial charge in [0, 0.05) is 55.2 Å². The van der Waals surface area contributed by atoms with Gasteiger partial charge in [0.15, 0.2) is 0 Å². The molecule has 1 N–H and O–H groups in total. The van der Waals surface area contributed by atoms with E-state index in [2.05, 4.69) is 10.2 Å². The topological polar surface area (TPSA) is 78.5 Å². The van der Waals surface area contributed by atoms with Crippen LogP contribution in [-0.2, 0) is 16.0 Å². The van der Waals surface area contributed by atoms with Crippen LogP contribution >= 0.6 is 11.6 Å². The van der Waals surface area contributed by atoms with E-state index >= 15 is 0 Å². The second kappa shape index (κ2) is 11.5. The molecule has 2 aromatic rings. The van der Waals surface area contributed by atoms with Crippen molar-refractivity contribution in [1.82, 2.24) is 20.0 Å². The molecule has 190 valence electrons. The highest BCUT2D eigenvalue weighted by Gasteiger charge is 2.41. The minimum atomic E-state index is -0.410. The summed E-state index contributed by atoms with van der Waals surface area (Å²) in [6.07, 6.45) is 6.54. The normalized spacial score (nSPS) is 20.7. The SMILES string of the molecule is Cc1n[nH]c(C)c1CCC(=O)N1CCC[C@](COc2cccc(Cl)c2)(CC(=O)N2CCCCC2)C1. The third kappa shape index (κ3) is 6.57. The molecule has 0 spiro atoms. The molecule has 1 aromatic heterocycles. The summed E-state index contributed by atoms with van der Waals surface area (Å²) in [4.78, 5) is 30.5. The highest BCUT2D eigenvalue weighted by atomic mass is 35.5. The van der Waals surface area contributed by atoms with Crippen LogP contribution in [0.25, 0.3) is 0 Å². The van der Waals surface area contributed by atoms with Crippen molar-refractivity contribution in [2.45, 2.75) is 65.2 Å². The zero-order chi connectivity index (χ0) is 24.8. The minimum absolute atomic E-state index is 0.127. The van der Waals surface area contributed by atoms with Crippen molar-refractivity contribution < 1.29 is 14.3 Å². The number of amides is 2. The highest BCUT2D eigenvalue weighted by Crippen LogP contribution is 2.36. The molecule has 0 radical (unpaired) electrons. The molecule has 0 bridgehead atoms. The molecule has 3 heterocycles. The molecule has 8 heteroatoms. The van der Waals surface area contributed by atoms with Crippen LogP contribution in [0, 0.1) is 19.3 Å². The lowest BCUT2D eigenvalue weighted by molar-refractivity contribution is -0.142. The number of hydrogen-bond donors (Lipinski definition) is 1. The Bertz CT molecular complexity index is 1010. The van der Waals surface area contributed by atoms with Crippen molar-refractivity contribution >= 4 is 23.4 Å². The summed E-state index contributed by atoms with van der Waals surface area (Å²) < 4.78 is 6.19. The molecule has 0 aliphatic carbocycles. The highest BCUT2D eigenvalue weighted by molar-refractivity contribution is 6.30. The summed E-state index contributed by atoms with van der Waals surface area (Å²) in [7, 11) is 0. The minimum Gasteiger partial charge on any atom is -0.493 e. The summed E-state index contributed by atoms with van der Waals surface area (Å²) in [5.74, 6) is 0.997. The van der Waals surface area contributed by atoms with Crippen LogP contribution < -0.4 is 4.74 Å². The van der Waals surface area contributed by atoms with E-state index in [0.29, 0.717) is 43.2 Å². The average Bonchev–Trinajstić information content (AvgIpc) is 3.19. The summed E-state index contributed by atoms with van der Waals surface area (Å²) in [6, 6.07) is 7.35. The molecule has 1 aromatic carbocycles. The molecule has 2 fully saturated rings. The van der Waals surface area contributed by atoms with Crippen molar-refractivity contribution in [3.05, 3.63) is 46.2 Å². The number of aromatic nitrogens is 2. The van der Waals surface area contributed by atoms with Gasteiger partial charge in [-0.25, -0.2) is 0 Å². The van der Waals surface area contributed by atoms with Crippen molar-refractivity contribution in [1.29, 1.82) is 0 Å². The number of aromatic amines is 1. The van der Waals surface area contributed by atoms with Gasteiger partial charge < -0.3 is 14.5 Å². The lowest BCUT2D eigenvalue weighted by Gasteiger charge is -2.43. The predicted octanol–water partition coefficient (Wildman–Crippen LogP) is 4.70. The molecule has 0 unspecified atom stereocenters. The number of rotatable bonds is 8. The maximum atomic E-state index is 13.3. The number of halogens is 1. The van der Waals surface area contributed by atoms with Crippen molar-refractivity contribution in [3.63, 3.8) is 0 Å². The molecule has 0 saturated carbocycles. The fraction of sp³-hybridized carbons (Fsp3) is 0.593. The van der Waals surface area contributed by atoms with Gasteiger partial charge in [-0.1, -0.05) is 17.7 Å². The summed E-state index contributed by atoms with van der Waals surface area (Å²) in [6.45, 7) is 7.26. The number of H-pyrrole nitrogens is 1.